The largest absolute Gasteiger partial charge is 0.480 e. The number of methoxy groups -OCH3 is 1. The molecule has 1 spiro atoms. The molecule has 0 bridgehead atoms. The van der Waals surface area contributed by atoms with E-state index >= 15 is 0 Å². The SMILES string of the molecule is COc1nc(CC(N)=O)nc(C)c1-c1ccc(COC2CC2)c(N2CC[C@]3(C[C@@H]2C)N=C(c2ccc(C(F)(F)F)nc2C2CC2)NC3=O)c1. The van der Waals surface area contributed by atoms with Crippen LogP contribution < -0.4 is 20.7 Å². The molecular formula is C35H38F3N7O4. The maximum absolute atomic E-state index is 13.6. The van der Waals surface area contributed by atoms with E-state index in [2.05, 4.69) is 31.2 Å². The first-order chi connectivity index (χ1) is 23.3. The molecule has 7 rings (SSSR count). The molecule has 258 valence electrons. The fourth-order valence-electron chi connectivity index (χ4n) is 6.91. The highest BCUT2D eigenvalue weighted by Crippen LogP contribution is 2.44. The molecule has 2 atom stereocenters. The van der Waals surface area contributed by atoms with Gasteiger partial charge in [0.25, 0.3) is 5.91 Å². The van der Waals surface area contributed by atoms with Gasteiger partial charge in [0.15, 0.2) is 0 Å². The Kier molecular flexibility index (Phi) is 8.32. The number of nitrogens with zero attached hydrogens (tertiary/aromatic N) is 5. The molecule has 4 aliphatic rings. The summed E-state index contributed by atoms with van der Waals surface area (Å²) in [5.74, 6) is 0.0216. The third-order valence-corrected chi connectivity index (χ3v) is 9.66. The van der Waals surface area contributed by atoms with Crippen molar-refractivity contribution in [2.45, 2.75) is 95.2 Å². The van der Waals surface area contributed by atoms with E-state index < -0.39 is 23.3 Å². The number of aromatic nitrogens is 3. The first-order valence-electron chi connectivity index (χ1n) is 16.6. The molecule has 2 aromatic heterocycles. The second-order valence-electron chi connectivity index (χ2n) is 13.5. The molecule has 1 saturated heterocycles. The number of amidine groups is 1. The standard InChI is InChI=1S/C35H38F3N7O4/c1-18-16-34(33(47)43-31(44-34)24-10-11-26(35(36,37)38)41-30(24)20-4-5-20)12-13-45(18)25-14-21(6-7-22(25)17-49-23-8-9-23)29-19(2)40-28(15-27(39)46)42-32(29)48-3/h6-7,10-11,14,18,20,23H,4-5,8-9,12-13,15-17H2,1-3H3,(H2,39,46)(H,43,44,47)/t18-,34+/m0/s1. The van der Waals surface area contributed by atoms with Gasteiger partial charge in [0.1, 0.15) is 22.9 Å². The number of pyridine rings is 1. The second kappa shape index (κ2) is 12.4. The first kappa shape index (κ1) is 32.9. The Bertz CT molecular complexity index is 1860. The molecule has 3 fully saturated rings. The summed E-state index contributed by atoms with van der Waals surface area (Å²) in [6, 6.07) is 8.26. The van der Waals surface area contributed by atoms with Crippen molar-refractivity contribution in [1.82, 2.24) is 20.3 Å². The Hall–Kier alpha value is -4.59. The van der Waals surface area contributed by atoms with Gasteiger partial charge in [0, 0.05) is 41.7 Å². The number of ether oxygens (including phenoxy) is 2. The zero-order valence-corrected chi connectivity index (χ0v) is 27.6. The summed E-state index contributed by atoms with van der Waals surface area (Å²) in [5.41, 5.74) is 8.25. The van der Waals surface area contributed by atoms with Gasteiger partial charge in [-0.25, -0.2) is 9.97 Å². The van der Waals surface area contributed by atoms with Gasteiger partial charge < -0.3 is 25.4 Å². The van der Waals surface area contributed by atoms with Crippen LogP contribution >= 0.6 is 0 Å². The number of anilines is 1. The van der Waals surface area contributed by atoms with E-state index in [1.807, 2.05) is 26.0 Å². The van der Waals surface area contributed by atoms with E-state index in [1.54, 1.807) is 0 Å². The monoisotopic (exact) mass is 677 g/mol. The van der Waals surface area contributed by atoms with Gasteiger partial charge in [-0.2, -0.15) is 18.2 Å². The van der Waals surface area contributed by atoms with E-state index in [1.165, 1.54) is 13.2 Å². The van der Waals surface area contributed by atoms with Crippen LogP contribution in [0.4, 0.5) is 18.9 Å². The average molecular weight is 678 g/mol. The molecule has 1 aromatic carbocycles. The number of nitrogens with one attached hydrogen (secondary N) is 1. The predicted molar refractivity (Wildman–Crippen MR) is 174 cm³/mol. The van der Waals surface area contributed by atoms with Crippen LogP contribution in [0.25, 0.3) is 11.1 Å². The number of halogens is 3. The van der Waals surface area contributed by atoms with Crippen molar-refractivity contribution in [2.75, 3.05) is 18.6 Å². The molecular weight excluding hydrogens is 639 g/mol. The van der Waals surface area contributed by atoms with Crippen LogP contribution in [-0.4, -0.2) is 63.9 Å². The van der Waals surface area contributed by atoms with E-state index in [4.69, 9.17) is 20.2 Å². The fourth-order valence-corrected chi connectivity index (χ4v) is 6.91. The Morgan fingerprint density at radius 2 is 1.90 bits per heavy atom. The van der Waals surface area contributed by atoms with Crippen LogP contribution in [0.5, 0.6) is 5.88 Å². The number of alkyl halides is 3. The van der Waals surface area contributed by atoms with Crippen molar-refractivity contribution in [1.29, 1.82) is 0 Å². The van der Waals surface area contributed by atoms with Gasteiger partial charge in [0.2, 0.25) is 11.8 Å². The number of aliphatic imine (C=N–C) groups is 1. The number of carbonyl (C=O) groups is 2. The zero-order chi connectivity index (χ0) is 34.7. The number of carbonyl (C=O) groups excluding carboxylic acids is 2. The Balaban J connectivity index is 1.20. The summed E-state index contributed by atoms with van der Waals surface area (Å²) in [5, 5.41) is 2.90. The van der Waals surface area contributed by atoms with Crippen molar-refractivity contribution in [3.63, 3.8) is 0 Å². The van der Waals surface area contributed by atoms with E-state index in [0.29, 0.717) is 54.4 Å². The number of piperidine rings is 1. The zero-order valence-electron chi connectivity index (χ0n) is 27.6. The summed E-state index contributed by atoms with van der Waals surface area (Å²) in [4.78, 5) is 45.3. The second-order valence-corrected chi connectivity index (χ2v) is 13.5. The molecule has 0 unspecified atom stereocenters. The van der Waals surface area contributed by atoms with E-state index in [0.717, 1.165) is 48.6 Å². The lowest BCUT2D eigenvalue weighted by Gasteiger charge is -2.43. The Labute approximate surface area is 281 Å². The van der Waals surface area contributed by atoms with Gasteiger partial charge in [-0.05, 0) is 69.7 Å². The van der Waals surface area contributed by atoms with Crippen LogP contribution in [0.15, 0.2) is 35.3 Å². The molecule has 49 heavy (non-hydrogen) atoms. The minimum Gasteiger partial charge on any atom is -0.480 e. The maximum atomic E-state index is 13.6. The molecule has 14 heteroatoms. The summed E-state index contributed by atoms with van der Waals surface area (Å²) >= 11 is 0. The van der Waals surface area contributed by atoms with Crippen molar-refractivity contribution in [3.05, 3.63) is 64.4 Å². The minimum atomic E-state index is -4.56. The van der Waals surface area contributed by atoms with Crippen LogP contribution in [-0.2, 0) is 33.5 Å². The smallest absolute Gasteiger partial charge is 0.433 e. The van der Waals surface area contributed by atoms with E-state index in [9.17, 15) is 22.8 Å². The Morgan fingerprint density at radius 3 is 2.55 bits per heavy atom. The van der Waals surface area contributed by atoms with Gasteiger partial charge in [-0.15, -0.1) is 0 Å². The lowest BCUT2D eigenvalue weighted by atomic mass is 9.83. The molecule has 4 heterocycles. The number of hydrogen-bond acceptors (Lipinski definition) is 9. The fraction of sp³-hybridized carbons (Fsp3) is 0.486. The average Bonchev–Trinajstić information content (AvgIpc) is 3.98. The van der Waals surface area contributed by atoms with E-state index in [-0.39, 0.29) is 42.1 Å². The molecule has 3 N–H and O–H groups in total. The van der Waals surface area contributed by atoms with Gasteiger partial charge in [-0.1, -0.05) is 12.1 Å². The maximum Gasteiger partial charge on any atom is 0.433 e. The molecule has 2 aliphatic carbocycles. The van der Waals surface area contributed by atoms with Gasteiger partial charge in [0.05, 0.1) is 43.2 Å². The number of primary amides is 1. The lowest BCUT2D eigenvalue weighted by Crippen LogP contribution is -2.53. The van der Waals surface area contributed by atoms with Crippen molar-refractivity contribution >= 4 is 23.3 Å². The summed E-state index contributed by atoms with van der Waals surface area (Å²) in [6.45, 7) is 4.79. The first-order valence-corrected chi connectivity index (χ1v) is 16.6. The van der Waals surface area contributed by atoms with Crippen molar-refractivity contribution in [2.24, 2.45) is 10.7 Å². The molecule has 2 aliphatic heterocycles. The number of amides is 2. The van der Waals surface area contributed by atoms with Gasteiger partial charge in [-0.3, -0.25) is 14.6 Å². The highest BCUT2D eigenvalue weighted by molar-refractivity contribution is 6.16. The molecule has 2 amide bonds. The molecule has 11 nitrogen and oxygen atoms in total. The van der Waals surface area contributed by atoms with Crippen molar-refractivity contribution < 1.29 is 32.2 Å². The quantitative estimate of drug-likeness (QED) is 0.313. The van der Waals surface area contributed by atoms with Gasteiger partial charge >= 0.3 is 6.18 Å². The molecule has 2 saturated carbocycles. The normalized spacial score (nSPS) is 22.3. The highest BCUT2D eigenvalue weighted by Gasteiger charge is 2.49. The van der Waals surface area contributed by atoms with Crippen LogP contribution in [0.1, 0.15) is 85.4 Å². The highest BCUT2D eigenvalue weighted by atomic mass is 19.4. The topological polar surface area (TPSA) is 145 Å². The number of hydrogen-bond donors (Lipinski definition) is 2. The van der Waals surface area contributed by atoms with Crippen LogP contribution in [0, 0.1) is 6.92 Å². The summed E-state index contributed by atoms with van der Waals surface area (Å²) < 4.78 is 52.2. The lowest BCUT2D eigenvalue weighted by molar-refractivity contribution is -0.141. The van der Waals surface area contributed by atoms with Crippen molar-refractivity contribution in [3.8, 4) is 17.0 Å². The predicted octanol–water partition coefficient (Wildman–Crippen LogP) is 4.76. The third-order valence-electron chi connectivity index (χ3n) is 9.66. The number of benzene rings is 1. The minimum absolute atomic E-state index is 0.0789. The Morgan fingerprint density at radius 1 is 1.12 bits per heavy atom. The van der Waals surface area contributed by atoms with Crippen LogP contribution in [0.2, 0.25) is 0 Å². The van der Waals surface area contributed by atoms with Crippen LogP contribution in [0.3, 0.4) is 0 Å². The summed E-state index contributed by atoms with van der Waals surface area (Å²) in [7, 11) is 1.51. The number of rotatable bonds is 10. The number of nitrogens with two attached hydrogens (primary N) is 1. The summed E-state index contributed by atoms with van der Waals surface area (Å²) in [6.07, 6.45) is -0.0453. The third kappa shape index (κ3) is 6.57. The molecule has 0 radical (unpaired) electrons. The number of aryl methyl sites for hydroxylation is 1. The molecule has 3 aromatic rings.